The number of ether oxygens (including phenoxy) is 2. The lowest BCUT2D eigenvalue weighted by Gasteiger charge is -2.41. The predicted molar refractivity (Wildman–Crippen MR) is 233 cm³/mol. The number of carbonyl (C=O) groups is 1. The number of unbranched alkanes of at least 4 members (excludes halogenated alkanes) is 21. The van der Waals surface area contributed by atoms with Crippen LogP contribution in [0.2, 0.25) is 0 Å². The molecule has 14 heteroatoms. The molecule has 8 atom stereocenters. The van der Waals surface area contributed by atoms with Crippen LogP contribution in [0.3, 0.4) is 0 Å². The summed E-state index contributed by atoms with van der Waals surface area (Å²) in [5.74, 6) is -0.718. The van der Waals surface area contributed by atoms with Gasteiger partial charge in [-0.3, -0.25) is 9.35 Å². The number of aliphatic hydroxyl groups is 5. The second-order valence-corrected chi connectivity index (χ2v) is 17.2. The number of aliphatic hydroxyl groups excluding tert-OH is 5. The highest BCUT2D eigenvalue weighted by Crippen LogP contribution is 2.26. The summed E-state index contributed by atoms with van der Waals surface area (Å²) < 4.78 is 47.4. The normalized spacial score (nSPS) is 21.8. The summed E-state index contributed by atoms with van der Waals surface area (Å²) >= 11 is 0. The molecule has 1 amide bonds. The summed E-state index contributed by atoms with van der Waals surface area (Å²) in [4.78, 5) is 13.1. The molecule has 7 N–H and O–H groups in total. The van der Waals surface area contributed by atoms with Crippen LogP contribution in [-0.4, -0.2) is 107 Å². The van der Waals surface area contributed by atoms with Crippen molar-refractivity contribution >= 4 is 16.3 Å². The number of amides is 1. The zero-order valence-electron chi connectivity index (χ0n) is 36.4. The van der Waals surface area contributed by atoms with Gasteiger partial charge in [0.15, 0.2) is 6.29 Å². The average Bonchev–Trinajstić information content (AvgIpc) is 3.20. The third kappa shape index (κ3) is 28.5. The molecule has 59 heavy (non-hydrogen) atoms. The quantitative estimate of drug-likeness (QED) is 0.0181. The van der Waals surface area contributed by atoms with Crippen molar-refractivity contribution in [1.29, 1.82) is 0 Å². The third-order valence-electron chi connectivity index (χ3n) is 10.8. The fraction of sp³-hybridized carbons (Fsp3) is 0.844. The van der Waals surface area contributed by atoms with Gasteiger partial charge in [0.2, 0.25) is 5.91 Å². The Morgan fingerprint density at radius 2 is 1.14 bits per heavy atom. The van der Waals surface area contributed by atoms with Crippen molar-refractivity contribution in [3.8, 4) is 0 Å². The van der Waals surface area contributed by atoms with Crippen LogP contribution in [0.15, 0.2) is 36.5 Å². The maximum Gasteiger partial charge on any atom is 0.397 e. The molecular formula is C45H83NO12S. The molecule has 1 fully saturated rings. The molecular weight excluding hydrogens is 779 g/mol. The first-order chi connectivity index (χ1) is 28.4. The van der Waals surface area contributed by atoms with E-state index in [0.717, 1.165) is 64.2 Å². The summed E-state index contributed by atoms with van der Waals surface area (Å²) in [6.07, 6.45) is 29.4. The van der Waals surface area contributed by atoms with E-state index in [1.54, 1.807) is 6.08 Å². The largest absolute Gasteiger partial charge is 0.397 e. The third-order valence-corrected chi connectivity index (χ3v) is 11.2. The van der Waals surface area contributed by atoms with Crippen molar-refractivity contribution in [3.63, 3.8) is 0 Å². The van der Waals surface area contributed by atoms with Gasteiger partial charge in [-0.15, -0.1) is 0 Å². The molecule has 0 aliphatic carbocycles. The topological polar surface area (TPSA) is 212 Å². The molecule has 1 aliphatic heterocycles. The minimum absolute atomic E-state index is 0.229. The van der Waals surface area contributed by atoms with Crippen molar-refractivity contribution in [1.82, 2.24) is 5.32 Å². The molecule has 0 radical (unpaired) electrons. The van der Waals surface area contributed by atoms with Gasteiger partial charge in [-0.2, -0.15) is 8.42 Å². The smallest absolute Gasteiger partial charge is 0.394 e. The minimum Gasteiger partial charge on any atom is -0.394 e. The van der Waals surface area contributed by atoms with Gasteiger partial charge in [0, 0.05) is 0 Å². The molecule has 1 aliphatic rings. The molecule has 0 saturated carbocycles. The Labute approximate surface area is 357 Å². The van der Waals surface area contributed by atoms with Gasteiger partial charge in [0.05, 0.1) is 25.4 Å². The standard InChI is InChI=1S/C45H83NO12S/c1-3-5-7-9-11-13-15-17-19-20-22-24-26-28-30-32-34-39(49)44(52)46-37(36-56-45-42(51)43(58-59(53,54)55)41(50)40(35-47)57-45)38(48)33-31-29-27-25-23-21-18-16-14-12-10-8-6-4-2/h17,19,23,25,31,33,37-43,45,47-51H,3-16,18,20-22,24,26-30,32,34-36H2,1-2H3,(H,46,52)(H,53,54,55)/b19-17-,25-23+,33-31+. The van der Waals surface area contributed by atoms with Crippen molar-refractivity contribution < 1.29 is 57.0 Å². The van der Waals surface area contributed by atoms with Gasteiger partial charge in [0.1, 0.15) is 30.5 Å². The van der Waals surface area contributed by atoms with Crippen LogP contribution in [0.4, 0.5) is 0 Å². The van der Waals surface area contributed by atoms with Gasteiger partial charge in [-0.1, -0.05) is 159 Å². The van der Waals surface area contributed by atoms with E-state index in [4.69, 9.17) is 9.47 Å². The van der Waals surface area contributed by atoms with E-state index in [-0.39, 0.29) is 6.42 Å². The lowest BCUT2D eigenvalue weighted by atomic mass is 9.99. The van der Waals surface area contributed by atoms with Gasteiger partial charge >= 0.3 is 10.4 Å². The minimum atomic E-state index is -5.12. The second-order valence-electron chi connectivity index (χ2n) is 16.1. The molecule has 0 aromatic carbocycles. The van der Waals surface area contributed by atoms with E-state index in [0.29, 0.717) is 12.8 Å². The van der Waals surface area contributed by atoms with E-state index >= 15 is 0 Å². The van der Waals surface area contributed by atoms with Crippen LogP contribution in [0, 0.1) is 0 Å². The summed E-state index contributed by atoms with van der Waals surface area (Å²) in [6.45, 7) is 3.17. The number of hydrogen-bond donors (Lipinski definition) is 7. The molecule has 1 saturated heterocycles. The van der Waals surface area contributed by atoms with Crippen LogP contribution in [0.1, 0.15) is 181 Å². The maximum atomic E-state index is 13.1. The van der Waals surface area contributed by atoms with E-state index in [9.17, 15) is 43.3 Å². The van der Waals surface area contributed by atoms with Crippen molar-refractivity contribution in [3.05, 3.63) is 36.5 Å². The zero-order chi connectivity index (χ0) is 43.6. The van der Waals surface area contributed by atoms with E-state index in [1.807, 2.05) is 0 Å². The first-order valence-electron chi connectivity index (χ1n) is 23.0. The maximum absolute atomic E-state index is 13.1. The summed E-state index contributed by atoms with van der Waals surface area (Å²) in [5.41, 5.74) is 0. The zero-order valence-corrected chi connectivity index (χ0v) is 37.2. The highest BCUT2D eigenvalue weighted by molar-refractivity contribution is 7.80. The van der Waals surface area contributed by atoms with Crippen LogP contribution >= 0.6 is 0 Å². The molecule has 13 nitrogen and oxygen atoms in total. The molecule has 0 spiro atoms. The Morgan fingerprint density at radius 3 is 1.63 bits per heavy atom. The molecule has 1 heterocycles. The average molecular weight is 862 g/mol. The number of rotatable bonds is 38. The molecule has 0 aromatic heterocycles. The van der Waals surface area contributed by atoms with Crippen molar-refractivity contribution in [2.75, 3.05) is 13.2 Å². The van der Waals surface area contributed by atoms with Gasteiger partial charge in [0.25, 0.3) is 0 Å². The number of allylic oxidation sites excluding steroid dienone is 5. The Kier molecular flexibility index (Phi) is 33.6. The monoisotopic (exact) mass is 862 g/mol. The highest BCUT2D eigenvalue weighted by Gasteiger charge is 2.48. The van der Waals surface area contributed by atoms with Crippen LogP contribution in [0.5, 0.6) is 0 Å². The number of carbonyl (C=O) groups excluding carboxylic acids is 1. The molecule has 1 rings (SSSR count). The van der Waals surface area contributed by atoms with Gasteiger partial charge in [-0.25, -0.2) is 4.18 Å². The molecule has 0 aromatic rings. The Hall–Kier alpha value is -1.72. The van der Waals surface area contributed by atoms with Crippen LogP contribution < -0.4 is 5.32 Å². The second kappa shape index (κ2) is 35.8. The first-order valence-corrected chi connectivity index (χ1v) is 24.3. The SMILES string of the molecule is CCCCCCCC/C=C\CCCCCCCCC(O)C(=O)NC(COC1OC(CO)C(O)C(OS(=O)(=O)O)C1O)C(O)/C=C/CC/C=C/CCCCCCCCCC. The summed E-state index contributed by atoms with van der Waals surface area (Å²) in [6, 6.07) is -1.14. The lowest BCUT2D eigenvalue weighted by molar-refractivity contribution is -0.298. The van der Waals surface area contributed by atoms with Crippen molar-refractivity contribution in [2.24, 2.45) is 0 Å². The predicted octanol–water partition coefficient (Wildman–Crippen LogP) is 7.69. The highest BCUT2D eigenvalue weighted by atomic mass is 32.3. The van der Waals surface area contributed by atoms with Crippen LogP contribution in [0.25, 0.3) is 0 Å². The lowest BCUT2D eigenvalue weighted by Crippen LogP contribution is -2.61. The van der Waals surface area contributed by atoms with E-state index < -0.39 is 78.5 Å². The van der Waals surface area contributed by atoms with E-state index in [1.165, 1.54) is 89.5 Å². The van der Waals surface area contributed by atoms with Gasteiger partial charge in [-0.05, 0) is 57.8 Å². The molecule has 346 valence electrons. The Bertz CT molecular complexity index is 1220. The summed E-state index contributed by atoms with van der Waals surface area (Å²) in [7, 11) is -5.12. The number of hydrogen-bond acceptors (Lipinski definition) is 11. The van der Waals surface area contributed by atoms with Crippen molar-refractivity contribution in [2.45, 2.75) is 230 Å². The Morgan fingerprint density at radius 1 is 0.678 bits per heavy atom. The number of nitrogens with one attached hydrogen (secondary N) is 1. The molecule has 8 unspecified atom stereocenters. The van der Waals surface area contributed by atoms with Crippen LogP contribution in [-0.2, 0) is 28.9 Å². The van der Waals surface area contributed by atoms with Gasteiger partial charge < -0.3 is 40.3 Å². The first kappa shape index (κ1) is 55.3. The Balaban J connectivity index is 2.62. The fourth-order valence-electron chi connectivity index (χ4n) is 7.06. The molecule has 0 bridgehead atoms. The summed E-state index contributed by atoms with van der Waals surface area (Å²) in [5, 5.41) is 55.1. The fourth-order valence-corrected chi connectivity index (χ4v) is 7.57. The van der Waals surface area contributed by atoms with E-state index in [2.05, 4.69) is 47.7 Å².